The van der Waals surface area contributed by atoms with E-state index >= 15 is 0 Å². The van der Waals surface area contributed by atoms with Gasteiger partial charge in [-0.15, -0.1) is 0 Å². The Morgan fingerprint density at radius 1 is 1.33 bits per heavy atom. The number of halogens is 4. The third-order valence-corrected chi connectivity index (χ3v) is 5.05. The van der Waals surface area contributed by atoms with Gasteiger partial charge in [-0.2, -0.15) is 18.3 Å². The maximum atomic E-state index is 14.0. The number of hydrogen-bond acceptors (Lipinski definition) is 3. The van der Waals surface area contributed by atoms with E-state index in [4.69, 9.17) is 5.73 Å². The van der Waals surface area contributed by atoms with Crippen LogP contribution in [0.4, 0.5) is 17.6 Å². The Bertz CT molecular complexity index is 833. The number of alkyl halides is 3. The average molecular weight is 384 g/mol. The van der Waals surface area contributed by atoms with Crippen LogP contribution in [0.1, 0.15) is 29.4 Å². The molecule has 1 aliphatic heterocycles. The number of nitrogens with zero attached hydrogens (tertiary/aromatic N) is 3. The van der Waals surface area contributed by atoms with E-state index in [1.807, 2.05) is 6.92 Å². The number of carbonyl (C=O) groups is 1. The van der Waals surface area contributed by atoms with Gasteiger partial charge in [0, 0.05) is 13.1 Å². The van der Waals surface area contributed by atoms with Gasteiger partial charge in [0.25, 0.3) is 5.91 Å². The Labute approximate surface area is 153 Å². The molecule has 0 saturated carbocycles. The van der Waals surface area contributed by atoms with Crippen LogP contribution in [-0.4, -0.2) is 40.2 Å². The van der Waals surface area contributed by atoms with Gasteiger partial charge < -0.3 is 10.6 Å². The number of amides is 1. The number of rotatable bonds is 3. The number of nitrogens with two attached hydrogens (primary N) is 1. The van der Waals surface area contributed by atoms with Crippen molar-refractivity contribution in [2.24, 2.45) is 17.6 Å². The Morgan fingerprint density at radius 3 is 2.67 bits per heavy atom. The highest BCUT2D eigenvalue weighted by Crippen LogP contribution is 2.35. The smallest absolute Gasteiger partial charge is 0.338 e. The minimum atomic E-state index is -4.87. The van der Waals surface area contributed by atoms with E-state index in [0.717, 1.165) is 12.3 Å². The SMILES string of the molecule is CC1CCN(C(=O)c2cnn(-c3ccccc3F)c2C(F)(F)F)CC1CN. The topological polar surface area (TPSA) is 64.2 Å². The zero-order chi connectivity index (χ0) is 19.8. The first kappa shape index (κ1) is 19.3. The summed E-state index contributed by atoms with van der Waals surface area (Å²) in [6, 6.07) is 4.98. The van der Waals surface area contributed by atoms with Crippen molar-refractivity contribution in [1.29, 1.82) is 0 Å². The summed E-state index contributed by atoms with van der Waals surface area (Å²) in [5.41, 5.74) is 3.49. The summed E-state index contributed by atoms with van der Waals surface area (Å²) in [5.74, 6) is -1.31. The van der Waals surface area contributed by atoms with Crippen LogP contribution in [0.15, 0.2) is 30.5 Å². The molecule has 1 aliphatic rings. The number of aromatic nitrogens is 2. The van der Waals surface area contributed by atoms with Gasteiger partial charge in [-0.05, 0) is 36.9 Å². The molecule has 3 rings (SSSR count). The highest BCUT2D eigenvalue weighted by Gasteiger charge is 2.42. The van der Waals surface area contributed by atoms with Gasteiger partial charge in [0.15, 0.2) is 5.69 Å². The average Bonchev–Trinajstić information content (AvgIpc) is 3.07. The molecule has 1 aromatic heterocycles. The molecule has 2 unspecified atom stereocenters. The van der Waals surface area contributed by atoms with Crippen molar-refractivity contribution >= 4 is 5.91 Å². The molecule has 0 radical (unpaired) electrons. The number of hydrogen-bond donors (Lipinski definition) is 1. The van der Waals surface area contributed by atoms with Crippen LogP contribution in [0.2, 0.25) is 0 Å². The van der Waals surface area contributed by atoms with Crippen LogP contribution < -0.4 is 5.73 Å². The lowest BCUT2D eigenvalue weighted by molar-refractivity contribution is -0.143. The van der Waals surface area contributed by atoms with Crippen molar-refractivity contribution in [3.63, 3.8) is 0 Å². The first-order valence-electron chi connectivity index (χ1n) is 8.63. The van der Waals surface area contributed by atoms with Gasteiger partial charge in [-0.3, -0.25) is 4.79 Å². The Morgan fingerprint density at radius 2 is 2.04 bits per heavy atom. The van der Waals surface area contributed by atoms with Gasteiger partial charge in [-0.25, -0.2) is 9.07 Å². The lowest BCUT2D eigenvalue weighted by Crippen LogP contribution is -2.45. The van der Waals surface area contributed by atoms with Crippen molar-refractivity contribution in [3.8, 4) is 5.69 Å². The highest BCUT2D eigenvalue weighted by atomic mass is 19.4. The van der Waals surface area contributed by atoms with Crippen molar-refractivity contribution in [1.82, 2.24) is 14.7 Å². The Kier molecular flexibility index (Phi) is 5.23. The van der Waals surface area contributed by atoms with Crippen LogP contribution in [0.3, 0.4) is 0 Å². The largest absolute Gasteiger partial charge is 0.434 e. The van der Waals surface area contributed by atoms with Crippen LogP contribution in [0, 0.1) is 17.7 Å². The zero-order valence-corrected chi connectivity index (χ0v) is 14.7. The molecule has 2 atom stereocenters. The van der Waals surface area contributed by atoms with Crippen molar-refractivity contribution in [2.45, 2.75) is 19.5 Å². The van der Waals surface area contributed by atoms with E-state index in [1.54, 1.807) is 0 Å². The summed E-state index contributed by atoms with van der Waals surface area (Å²) >= 11 is 0. The molecule has 0 bridgehead atoms. The van der Waals surface area contributed by atoms with E-state index in [9.17, 15) is 22.4 Å². The summed E-state index contributed by atoms with van der Waals surface area (Å²) in [4.78, 5) is 14.2. The maximum absolute atomic E-state index is 14.0. The molecule has 146 valence electrons. The molecule has 1 amide bonds. The van der Waals surface area contributed by atoms with Gasteiger partial charge in [0.2, 0.25) is 0 Å². The van der Waals surface area contributed by atoms with E-state index in [2.05, 4.69) is 5.10 Å². The second-order valence-corrected chi connectivity index (χ2v) is 6.78. The molecular formula is C18H20F4N4O. The van der Waals surface area contributed by atoms with Crippen molar-refractivity contribution < 1.29 is 22.4 Å². The van der Waals surface area contributed by atoms with Crippen LogP contribution in [0.5, 0.6) is 0 Å². The molecule has 27 heavy (non-hydrogen) atoms. The van der Waals surface area contributed by atoms with Gasteiger partial charge in [0.05, 0.1) is 11.8 Å². The van der Waals surface area contributed by atoms with Crippen LogP contribution in [-0.2, 0) is 6.18 Å². The monoisotopic (exact) mass is 384 g/mol. The molecule has 5 nitrogen and oxygen atoms in total. The summed E-state index contributed by atoms with van der Waals surface area (Å²) in [6.45, 7) is 3.00. The predicted octanol–water partition coefficient (Wildman–Crippen LogP) is 3.09. The normalized spacial score (nSPS) is 20.7. The number of likely N-dealkylation sites (tertiary alicyclic amines) is 1. The van der Waals surface area contributed by atoms with E-state index < -0.39 is 29.2 Å². The zero-order valence-electron chi connectivity index (χ0n) is 14.7. The molecular weight excluding hydrogens is 364 g/mol. The van der Waals surface area contributed by atoms with Crippen molar-refractivity contribution in [3.05, 3.63) is 47.5 Å². The lowest BCUT2D eigenvalue weighted by atomic mass is 9.87. The summed E-state index contributed by atoms with van der Waals surface area (Å²) in [6.07, 6.45) is -3.36. The molecule has 9 heteroatoms. The Balaban J connectivity index is 2.01. The van der Waals surface area contributed by atoms with Crippen LogP contribution >= 0.6 is 0 Å². The first-order chi connectivity index (χ1) is 12.7. The first-order valence-corrected chi connectivity index (χ1v) is 8.63. The van der Waals surface area contributed by atoms with Gasteiger partial charge >= 0.3 is 6.18 Å². The standard InChI is InChI=1S/C18H20F4N4O/c1-11-6-7-25(10-12(11)8-23)17(27)13-9-24-26(16(13)18(20,21)22)15-5-3-2-4-14(15)19/h2-5,9,11-12H,6-8,10,23H2,1H3. The Hall–Kier alpha value is -2.42. The molecule has 0 spiro atoms. The number of piperidine rings is 1. The van der Waals surface area contributed by atoms with Crippen LogP contribution in [0.25, 0.3) is 5.69 Å². The van der Waals surface area contributed by atoms with Crippen molar-refractivity contribution in [2.75, 3.05) is 19.6 Å². The third kappa shape index (κ3) is 3.69. The number of carbonyl (C=O) groups excluding carboxylic acids is 1. The molecule has 1 aromatic carbocycles. The molecule has 2 N–H and O–H groups in total. The minimum Gasteiger partial charge on any atom is -0.338 e. The summed E-state index contributed by atoms with van der Waals surface area (Å²) in [5, 5.41) is 3.67. The number of para-hydroxylation sites is 1. The van der Waals surface area contributed by atoms with E-state index in [1.165, 1.54) is 23.1 Å². The second-order valence-electron chi connectivity index (χ2n) is 6.78. The molecule has 1 fully saturated rings. The fraction of sp³-hybridized carbons (Fsp3) is 0.444. The van der Waals surface area contributed by atoms with E-state index in [-0.39, 0.29) is 11.6 Å². The predicted molar refractivity (Wildman–Crippen MR) is 90.8 cm³/mol. The van der Waals surface area contributed by atoms with Gasteiger partial charge in [-0.1, -0.05) is 19.1 Å². The highest BCUT2D eigenvalue weighted by molar-refractivity contribution is 5.95. The maximum Gasteiger partial charge on any atom is 0.434 e. The minimum absolute atomic E-state index is 0.0265. The molecule has 2 aromatic rings. The van der Waals surface area contributed by atoms with Gasteiger partial charge in [0.1, 0.15) is 11.5 Å². The fourth-order valence-corrected chi connectivity index (χ4v) is 3.40. The molecule has 2 heterocycles. The molecule has 0 aliphatic carbocycles. The molecule has 1 saturated heterocycles. The number of benzene rings is 1. The fourth-order valence-electron chi connectivity index (χ4n) is 3.40. The second kappa shape index (κ2) is 7.30. The quantitative estimate of drug-likeness (QED) is 0.828. The summed E-state index contributed by atoms with van der Waals surface area (Å²) < 4.78 is 55.6. The van der Waals surface area contributed by atoms with E-state index in [0.29, 0.717) is 36.7 Å². The summed E-state index contributed by atoms with van der Waals surface area (Å²) in [7, 11) is 0. The lowest BCUT2D eigenvalue weighted by Gasteiger charge is -2.36. The third-order valence-electron chi connectivity index (χ3n) is 5.05.